The van der Waals surface area contributed by atoms with Crippen LogP contribution < -0.4 is 10.2 Å². The molecule has 0 unspecified atom stereocenters. The Morgan fingerprint density at radius 3 is 2.75 bits per heavy atom. The lowest BCUT2D eigenvalue weighted by Gasteiger charge is -2.18. The van der Waals surface area contributed by atoms with Crippen LogP contribution in [0.3, 0.4) is 0 Å². The largest absolute Gasteiger partial charge is 0.508 e. The van der Waals surface area contributed by atoms with Crippen molar-refractivity contribution >= 4 is 11.6 Å². The first kappa shape index (κ1) is 10.8. The molecule has 4 nitrogen and oxygen atoms in total. The minimum Gasteiger partial charge on any atom is -0.508 e. The Balaban J connectivity index is 1.98. The number of amides is 1. The maximum atomic E-state index is 10.9. The van der Waals surface area contributed by atoms with Crippen molar-refractivity contribution in [1.29, 1.82) is 0 Å². The highest BCUT2D eigenvalue weighted by Crippen LogP contribution is 2.22. The number of hydrogen-bond acceptors (Lipinski definition) is 3. The van der Waals surface area contributed by atoms with Crippen molar-refractivity contribution in [3.05, 3.63) is 24.3 Å². The zero-order valence-corrected chi connectivity index (χ0v) is 9.31. The Bertz CT molecular complexity index is 375. The highest BCUT2D eigenvalue weighted by molar-refractivity contribution is 5.73. The Labute approximate surface area is 94.9 Å². The molecule has 1 aromatic rings. The van der Waals surface area contributed by atoms with Crippen LogP contribution in [0.4, 0.5) is 5.69 Å². The van der Waals surface area contributed by atoms with Gasteiger partial charge in [-0.3, -0.25) is 4.79 Å². The lowest BCUT2D eigenvalue weighted by Crippen LogP contribution is -2.35. The molecule has 1 aliphatic rings. The first-order chi connectivity index (χ1) is 7.65. The third-order valence-electron chi connectivity index (χ3n) is 2.81. The average Bonchev–Trinajstić information content (AvgIpc) is 2.66. The molecule has 1 aliphatic heterocycles. The van der Waals surface area contributed by atoms with Crippen LogP contribution in [-0.2, 0) is 4.79 Å². The zero-order valence-electron chi connectivity index (χ0n) is 9.31. The molecule has 16 heavy (non-hydrogen) atoms. The number of anilines is 1. The minimum atomic E-state index is 0.0255. The molecule has 0 bridgehead atoms. The van der Waals surface area contributed by atoms with Crippen molar-refractivity contribution in [3.63, 3.8) is 0 Å². The number of hydrogen-bond donors (Lipinski definition) is 2. The number of carbonyl (C=O) groups excluding carboxylic acids is 1. The van der Waals surface area contributed by atoms with E-state index in [2.05, 4.69) is 10.2 Å². The fourth-order valence-electron chi connectivity index (χ4n) is 2.06. The topological polar surface area (TPSA) is 52.6 Å². The first-order valence-electron chi connectivity index (χ1n) is 5.46. The Kier molecular flexibility index (Phi) is 2.99. The van der Waals surface area contributed by atoms with Crippen LogP contribution in [0.15, 0.2) is 24.3 Å². The van der Waals surface area contributed by atoms with E-state index in [0.29, 0.717) is 0 Å². The second-order valence-corrected chi connectivity index (χ2v) is 4.15. The molecule has 1 atom stereocenters. The van der Waals surface area contributed by atoms with Crippen LogP contribution in [0.5, 0.6) is 5.75 Å². The number of phenolic OH excluding ortho intramolecular Hbond substituents is 1. The van der Waals surface area contributed by atoms with Gasteiger partial charge < -0.3 is 15.3 Å². The summed E-state index contributed by atoms with van der Waals surface area (Å²) in [6, 6.07) is 7.39. The zero-order chi connectivity index (χ0) is 11.5. The molecule has 0 saturated carbocycles. The molecule has 2 N–H and O–H groups in total. The molecular formula is C12H16N2O2. The van der Waals surface area contributed by atoms with Crippen LogP contribution >= 0.6 is 0 Å². The molecule has 2 rings (SSSR count). The van der Waals surface area contributed by atoms with Gasteiger partial charge in [0.05, 0.1) is 0 Å². The first-order valence-corrected chi connectivity index (χ1v) is 5.46. The summed E-state index contributed by atoms with van der Waals surface area (Å²) in [7, 11) is 0. The maximum Gasteiger partial charge on any atom is 0.217 e. The highest BCUT2D eigenvalue weighted by Gasteiger charge is 2.22. The summed E-state index contributed by atoms with van der Waals surface area (Å²) in [6.07, 6.45) is 0.973. The number of benzene rings is 1. The van der Waals surface area contributed by atoms with Gasteiger partial charge in [0.2, 0.25) is 5.91 Å². The van der Waals surface area contributed by atoms with Gasteiger partial charge in [-0.1, -0.05) is 0 Å². The van der Waals surface area contributed by atoms with Gasteiger partial charge in [-0.25, -0.2) is 0 Å². The Hall–Kier alpha value is -1.71. The van der Waals surface area contributed by atoms with E-state index in [0.717, 1.165) is 25.2 Å². The monoisotopic (exact) mass is 220 g/mol. The maximum absolute atomic E-state index is 10.9. The van der Waals surface area contributed by atoms with Gasteiger partial charge in [-0.15, -0.1) is 0 Å². The van der Waals surface area contributed by atoms with Gasteiger partial charge in [-0.2, -0.15) is 0 Å². The summed E-state index contributed by atoms with van der Waals surface area (Å²) in [5, 5.41) is 12.1. The van der Waals surface area contributed by atoms with Crippen molar-refractivity contribution in [2.75, 3.05) is 18.0 Å². The normalized spacial score (nSPS) is 19.8. The number of carbonyl (C=O) groups is 1. The van der Waals surface area contributed by atoms with Crippen molar-refractivity contribution in [2.24, 2.45) is 0 Å². The summed E-state index contributed by atoms with van der Waals surface area (Å²) in [5.74, 6) is 0.305. The molecule has 0 radical (unpaired) electrons. The van der Waals surface area contributed by atoms with Crippen LogP contribution in [0.25, 0.3) is 0 Å². The predicted octanol–water partition coefficient (Wildman–Crippen LogP) is 1.11. The van der Waals surface area contributed by atoms with E-state index in [1.54, 1.807) is 19.1 Å². The van der Waals surface area contributed by atoms with Gasteiger partial charge in [0.15, 0.2) is 0 Å². The SMILES string of the molecule is CC(=O)N[C@H]1CCN(c2ccc(O)cc2)C1. The van der Waals surface area contributed by atoms with Crippen LogP contribution in [0.2, 0.25) is 0 Å². The van der Waals surface area contributed by atoms with Crippen molar-refractivity contribution in [1.82, 2.24) is 5.32 Å². The molecule has 1 fully saturated rings. The third kappa shape index (κ3) is 2.45. The van der Waals surface area contributed by atoms with E-state index < -0.39 is 0 Å². The highest BCUT2D eigenvalue weighted by atomic mass is 16.3. The van der Waals surface area contributed by atoms with Crippen molar-refractivity contribution in [2.45, 2.75) is 19.4 Å². The fraction of sp³-hybridized carbons (Fsp3) is 0.417. The Morgan fingerprint density at radius 2 is 2.12 bits per heavy atom. The van der Waals surface area contributed by atoms with E-state index in [4.69, 9.17) is 0 Å². The lowest BCUT2D eigenvalue weighted by molar-refractivity contribution is -0.119. The minimum absolute atomic E-state index is 0.0255. The lowest BCUT2D eigenvalue weighted by atomic mass is 10.2. The summed E-state index contributed by atoms with van der Waals surface area (Å²) >= 11 is 0. The van der Waals surface area contributed by atoms with Gasteiger partial charge in [-0.05, 0) is 30.7 Å². The quantitative estimate of drug-likeness (QED) is 0.785. The average molecular weight is 220 g/mol. The Morgan fingerprint density at radius 1 is 1.44 bits per heavy atom. The molecule has 0 spiro atoms. The number of rotatable bonds is 2. The van der Waals surface area contributed by atoms with Crippen LogP contribution in [0.1, 0.15) is 13.3 Å². The van der Waals surface area contributed by atoms with Crippen LogP contribution in [0, 0.1) is 0 Å². The van der Waals surface area contributed by atoms with E-state index in [-0.39, 0.29) is 17.7 Å². The number of nitrogens with one attached hydrogen (secondary N) is 1. The van der Waals surface area contributed by atoms with Gasteiger partial charge in [0.25, 0.3) is 0 Å². The molecule has 86 valence electrons. The molecule has 4 heteroatoms. The summed E-state index contributed by atoms with van der Waals surface area (Å²) in [6.45, 7) is 3.32. The molecule has 1 aromatic carbocycles. The summed E-state index contributed by atoms with van der Waals surface area (Å²) < 4.78 is 0. The number of aromatic hydroxyl groups is 1. The summed E-state index contributed by atoms with van der Waals surface area (Å²) in [4.78, 5) is 13.1. The fourth-order valence-corrected chi connectivity index (χ4v) is 2.06. The van der Waals surface area contributed by atoms with E-state index in [1.165, 1.54) is 0 Å². The van der Waals surface area contributed by atoms with Crippen molar-refractivity contribution < 1.29 is 9.90 Å². The molecule has 1 saturated heterocycles. The molecule has 1 heterocycles. The van der Waals surface area contributed by atoms with Gasteiger partial charge in [0, 0.05) is 31.7 Å². The predicted molar refractivity (Wildman–Crippen MR) is 62.5 cm³/mol. The standard InChI is InChI=1S/C12H16N2O2/c1-9(15)13-10-6-7-14(8-10)11-2-4-12(16)5-3-11/h2-5,10,16H,6-8H2,1H3,(H,13,15)/t10-/m0/s1. The summed E-state index contributed by atoms with van der Waals surface area (Å²) in [5.41, 5.74) is 1.09. The van der Waals surface area contributed by atoms with E-state index >= 15 is 0 Å². The number of phenols is 1. The van der Waals surface area contributed by atoms with E-state index in [1.807, 2.05) is 12.1 Å². The van der Waals surface area contributed by atoms with Crippen LogP contribution in [-0.4, -0.2) is 30.1 Å². The van der Waals surface area contributed by atoms with Crippen molar-refractivity contribution in [3.8, 4) is 5.75 Å². The smallest absolute Gasteiger partial charge is 0.217 e. The van der Waals surface area contributed by atoms with Gasteiger partial charge in [0.1, 0.15) is 5.75 Å². The molecule has 0 aliphatic carbocycles. The van der Waals surface area contributed by atoms with Gasteiger partial charge >= 0.3 is 0 Å². The molecular weight excluding hydrogens is 204 g/mol. The third-order valence-corrected chi connectivity index (χ3v) is 2.81. The second kappa shape index (κ2) is 4.43. The molecule has 1 amide bonds. The van der Waals surface area contributed by atoms with E-state index in [9.17, 15) is 9.90 Å². The second-order valence-electron chi connectivity index (χ2n) is 4.15. The molecule has 0 aromatic heterocycles. The number of nitrogens with zero attached hydrogens (tertiary/aromatic N) is 1.